The summed E-state index contributed by atoms with van der Waals surface area (Å²) in [6, 6.07) is 0. The third-order valence-electron chi connectivity index (χ3n) is 1.03. The zero-order chi connectivity index (χ0) is 8.10. The van der Waals surface area contributed by atoms with Gasteiger partial charge >= 0.3 is 6.09 Å². The first-order chi connectivity index (χ1) is 5.29. The van der Waals surface area contributed by atoms with Crippen molar-refractivity contribution in [3.05, 3.63) is 0 Å². The molecular formula is C5H9ClN4O2. The number of nitrogens with zero attached hydrogens (tertiary/aromatic N) is 2. The highest BCUT2D eigenvalue weighted by molar-refractivity contribution is 5.92. The first-order valence-corrected chi connectivity index (χ1v) is 3.03. The van der Waals surface area contributed by atoms with Crippen LogP contribution in [0.5, 0.6) is 0 Å². The molecule has 1 rings (SSSR count). The Labute approximate surface area is 75.3 Å². The summed E-state index contributed by atoms with van der Waals surface area (Å²) in [5, 5.41) is 6.25. The molecule has 0 fully saturated rings. The van der Waals surface area contributed by atoms with Gasteiger partial charge in [-0.3, -0.25) is 9.83 Å². The average Bonchev–Trinajstić information content (AvgIpc) is 2.03. The molecule has 0 atom stereocenters. The van der Waals surface area contributed by atoms with Crippen LogP contribution < -0.4 is 11.1 Å². The van der Waals surface area contributed by atoms with Crippen LogP contribution in [0.3, 0.4) is 0 Å². The molecule has 1 amide bonds. The van der Waals surface area contributed by atoms with Crippen LogP contribution in [0.4, 0.5) is 4.79 Å². The van der Waals surface area contributed by atoms with Gasteiger partial charge in [0.1, 0.15) is 0 Å². The molecule has 0 aromatic rings. The van der Waals surface area contributed by atoms with Crippen LogP contribution in [0.25, 0.3) is 0 Å². The molecule has 12 heavy (non-hydrogen) atoms. The Bertz CT molecular complexity index is 215. The van der Waals surface area contributed by atoms with Gasteiger partial charge in [-0.05, 0) is 0 Å². The second-order valence-electron chi connectivity index (χ2n) is 1.92. The second kappa shape index (κ2) is 5.36. The van der Waals surface area contributed by atoms with E-state index in [0.29, 0.717) is 18.8 Å². The molecule has 1 aliphatic rings. The molecule has 0 spiro atoms. The molecule has 0 bridgehead atoms. The van der Waals surface area contributed by atoms with Crippen molar-refractivity contribution in [1.29, 1.82) is 0 Å². The number of oxime groups is 1. The fraction of sp³-hybridized carbons (Fsp3) is 0.400. The van der Waals surface area contributed by atoms with Crippen molar-refractivity contribution in [2.75, 3.05) is 13.1 Å². The van der Waals surface area contributed by atoms with Crippen molar-refractivity contribution in [3.63, 3.8) is 0 Å². The lowest BCUT2D eigenvalue weighted by Gasteiger charge is -2.06. The Balaban J connectivity index is 0.00000121. The van der Waals surface area contributed by atoms with E-state index in [1.165, 1.54) is 0 Å². The molecule has 7 heteroatoms. The van der Waals surface area contributed by atoms with Crippen LogP contribution in [0.1, 0.15) is 0 Å². The second-order valence-corrected chi connectivity index (χ2v) is 1.92. The van der Waals surface area contributed by atoms with E-state index in [4.69, 9.17) is 0 Å². The summed E-state index contributed by atoms with van der Waals surface area (Å²) in [5.74, 6) is 0. The Morgan fingerprint density at radius 1 is 1.83 bits per heavy atom. The van der Waals surface area contributed by atoms with E-state index in [-0.39, 0.29) is 12.4 Å². The van der Waals surface area contributed by atoms with Gasteiger partial charge < -0.3 is 11.1 Å². The van der Waals surface area contributed by atoms with E-state index in [2.05, 4.69) is 26.0 Å². The van der Waals surface area contributed by atoms with Crippen LogP contribution in [-0.4, -0.2) is 31.2 Å². The maximum atomic E-state index is 10.1. The number of primary amides is 1. The molecule has 1 aliphatic heterocycles. The minimum absolute atomic E-state index is 0. The standard InChI is InChI=1S/C5H8N4O2.ClH/c6-5(10)11-9-4-1-7-3-8-2-4;/h3H,1-2H2,(H2,6,10)(H,7,8);1H. The summed E-state index contributed by atoms with van der Waals surface area (Å²) in [7, 11) is 0. The lowest BCUT2D eigenvalue weighted by atomic mass is 10.3. The van der Waals surface area contributed by atoms with Crippen molar-refractivity contribution in [3.8, 4) is 0 Å². The highest BCUT2D eigenvalue weighted by Gasteiger charge is 2.02. The average molecular weight is 193 g/mol. The molecule has 0 radical (unpaired) electrons. The number of carbonyl (C=O) groups excluding carboxylic acids is 1. The van der Waals surface area contributed by atoms with Crippen molar-refractivity contribution >= 4 is 30.6 Å². The van der Waals surface area contributed by atoms with E-state index in [1.807, 2.05) is 0 Å². The van der Waals surface area contributed by atoms with Crippen molar-refractivity contribution < 1.29 is 9.63 Å². The minimum atomic E-state index is -0.910. The predicted octanol–water partition coefficient (Wildman–Crippen LogP) is -0.509. The number of hydrogen-bond donors (Lipinski definition) is 2. The van der Waals surface area contributed by atoms with Crippen LogP contribution >= 0.6 is 12.4 Å². The van der Waals surface area contributed by atoms with Gasteiger partial charge in [0.2, 0.25) is 0 Å². The zero-order valence-electron chi connectivity index (χ0n) is 6.19. The van der Waals surface area contributed by atoms with Crippen LogP contribution in [0.2, 0.25) is 0 Å². The molecule has 0 aromatic carbocycles. The van der Waals surface area contributed by atoms with E-state index < -0.39 is 6.09 Å². The molecule has 0 saturated carbocycles. The number of carbonyl (C=O) groups is 1. The largest absolute Gasteiger partial charge is 0.430 e. The van der Waals surface area contributed by atoms with Gasteiger partial charge in [0, 0.05) is 0 Å². The molecule has 68 valence electrons. The summed E-state index contributed by atoms with van der Waals surface area (Å²) in [6.07, 6.45) is 0.663. The topological polar surface area (TPSA) is 89.1 Å². The Kier molecular flexibility index (Phi) is 4.78. The van der Waals surface area contributed by atoms with Gasteiger partial charge in [-0.2, -0.15) is 0 Å². The smallest absolute Gasteiger partial charge is 0.371 e. The highest BCUT2D eigenvalue weighted by atomic mass is 35.5. The molecule has 1 heterocycles. The van der Waals surface area contributed by atoms with Gasteiger partial charge in [0.15, 0.2) is 0 Å². The van der Waals surface area contributed by atoms with Crippen molar-refractivity contribution in [2.24, 2.45) is 15.9 Å². The Morgan fingerprint density at radius 3 is 3.08 bits per heavy atom. The number of hydrogen-bond acceptors (Lipinski definition) is 5. The van der Waals surface area contributed by atoms with Crippen LogP contribution in [0, 0.1) is 0 Å². The Hall–Kier alpha value is -1.30. The summed E-state index contributed by atoms with van der Waals surface area (Å²) in [4.78, 5) is 18.1. The minimum Gasteiger partial charge on any atom is -0.371 e. The number of aliphatic imine (C=N–C) groups is 1. The summed E-state index contributed by atoms with van der Waals surface area (Å²) < 4.78 is 0. The summed E-state index contributed by atoms with van der Waals surface area (Å²) in [5.41, 5.74) is 5.33. The SMILES string of the molecule is Cl.NC(=O)O/N=C1/CN=CNC1. The van der Waals surface area contributed by atoms with Gasteiger partial charge in [-0.1, -0.05) is 5.16 Å². The summed E-state index contributed by atoms with van der Waals surface area (Å²) >= 11 is 0. The lowest BCUT2D eigenvalue weighted by Crippen LogP contribution is -2.29. The zero-order valence-corrected chi connectivity index (χ0v) is 7.00. The van der Waals surface area contributed by atoms with Gasteiger partial charge in [0.25, 0.3) is 0 Å². The predicted molar refractivity (Wildman–Crippen MR) is 46.7 cm³/mol. The van der Waals surface area contributed by atoms with Gasteiger partial charge in [-0.15, -0.1) is 12.4 Å². The van der Waals surface area contributed by atoms with E-state index in [9.17, 15) is 4.79 Å². The number of nitrogens with two attached hydrogens (primary N) is 1. The third-order valence-corrected chi connectivity index (χ3v) is 1.03. The maximum absolute atomic E-state index is 10.1. The molecule has 0 saturated heterocycles. The third kappa shape index (κ3) is 3.77. The molecule has 0 unspecified atom stereocenters. The lowest BCUT2D eigenvalue weighted by molar-refractivity contribution is 0.161. The van der Waals surface area contributed by atoms with Crippen LogP contribution in [0.15, 0.2) is 10.1 Å². The van der Waals surface area contributed by atoms with Crippen LogP contribution in [-0.2, 0) is 4.84 Å². The van der Waals surface area contributed by atoms with Crippen molar-refractivity contribution in [1.82, 2.24) is 5.32 Å². The van der Waals surface area contributed by atoms with Crippen molar-refractivity contribution in [2.45, 2.75) is 0 Å². The molecule has 3 N–H and O–H groups in total. The van der Waals surface area contributed by atoms with Gasteiger partial charge in [-0.25, -0.2) is 4.79 Å². The fourth-order valence-electron chi connectivity index (χ4n) is 0.606. The van der Waals surface area contributed by atoms with E-state index >= 15 is 0 Å². The first kappa shape index (κ1) is 10.7. The first-order valence-electron chi connectivity index (χ1n) is 3.03. The number of amides is 1. The number of halogens is 1. The maximum Gasteiger partial charge on any atom is 0.430 e. The molecule has 0 aromatic heterocycles. The molecule has 6 nitrogen and oxygen atoms in total. The molecular weight excluding hydrogens is 184 g/mol. The number of nitrogens with one attached hydrogen (secondary N) is 1. The molecule has 0 aliphatic carbocycles. The Morgan fingerprint density at radius 2 is 2.58 bits per heavy atom. The van der Waals surface area contributed by atoms with E-state index in [1.54, 1.807) is 6.34 Å². The fourth-order valence-corrected chi connectivity index (χ4v) is 0.606. The van der Waals surface area contributed by atoms with E-state index in [0.717, 1.165) is 0 Å². The quantitative estimate of drug-likeness (QED) is 0.433. The monoisotopic (exact) mass is 192 g/mol. The number of rotatable bonds is 1. The normalized spacial score (nSPS) is 17.8. The van der Waals surface area contributed by atoms with Gasteiger partial charge in [0.05, 0.1) is 25.1 Å². The highest BCUT2D eigenvalue weighted by Crippen LogP contribution is 1.85. The summed E-state index contributed by atoms with van der Waals surface area (Å²) in [6.45, 7) is 0.983.